The van der Waals surface area contributed by atoms with Crippen molar-refractivity contribution in [2.75, 3.05) is 11.1 Å². The van der Waals surface area contributed by atoms with Gasteiger partial charge in [-0.15, -0.1) is 0 Å². The number of hydrogen-bond acceptors (Lipinski definition) is 5. The molecule has 0 saturated carbocycles. The first-order chi connectivity index (χ1) is 12.2. The minimum Gasteiger partial charge on any atom is -0.507 e. The molecule has 3 rings (SSSR count). The number of nitrogens with one attached hydrogen (secondary N) is 1. The molecule has 0 spiro atoms. The highest BCUT2D eigenvalue weighted by Crippen LogP contribution is 2.36. The number of amides is 1. The summed E-state index contributed by atoms with van der Waals surface area (Å²) >= 11 is 0. The number of aryl methyl sites for hydroxylation is 1. The molecule has 0 saturated heterocycles. The van der Waals surface area contributed by atoms with Gasteiger partial charge in [0, 0.05) is 16.6 Å². The van der Waals surface area contributed by atoms with Gasteiger partial charge in [0.2, 0.25) is 0 Å². The number of phenols is 1. The fourth-order valence-electron chi connectivity index (χ4n) is 2.65. The number of carbonyl (C=O) groups is 1. The van der Waals surface area contributed by atoms with E-state index >= 15 is 0 Å². The Morgan fingerprint density at radius 2 is 1.85 bits per heavy atom. The average molecular weight is 372 g/mol. The van der Waals surface area contributed by atoms with Gasteiger partial charge >= 0.3 is 0 Å². The highest BCUT2D eigenvalue weighted by Gasteiger charge is 2.22. The second-order valence-corrected chi connectivity index (χ2v) is 7.20. The summed E-state index contributed by atoms with van der Waals surface area (Å²) in [5.41, 5.74) is 7.02. The fraction of sp³-hybridized carbons (Fsp3) is 0.0556. The lowest BCUT2D eigenvalue weighted by Crippen LogP contribution is -2.15. The van der Waals surface area contributed by atoms with Crippen molar-refractivity contribution in [1.82, 2.24) is 0 Å². The molecule has 3 aromatic rings. The molecule has 5 N–H and O–H groups in total. The Labute approximate surface area is 149 Å². The first kappa shape index (κ1) is 17.7. The molecule has 0 atom stereocenters. The summed E-state index contributed by atoms with van der Waals surface area (Å²) in [6.45, 7) is 1.79. The summed E-state index contributed by atoms with van der Waals surface area (Å²) in [6.07, 6.45) is 0. The van der Waals surface area contributed by atoms with E-state index in [4.69, 9.17) is 5.73 Å². The lowest BCUT2D eigenvalue weighted by atomic mass is 10.1. The summed E-state index contributed by atoms with van der Waals surface area (Å²) in [4.78, 5) is 12.1. The summed E-state index contributed by atoms with van der Waals surface area (Å²) in [5, 5.41) is 13.2. The fourth-order valence-corrected chi connectivity index (χ4v) is 3.30. The Bertz CT molecular complexity index is 1140. The maximum atomic E-state index is 12.6. The molecule has 3 aromatic carbocycles. The standard InChI is InChI=1S/C18H16N2O5S/c1-10-5-6-12(9-13(10)19)18(22)20-17-15(26(23,24)25)8-7-11-3-2-4-14(21)16(11)17/h2-9,21H,19H2,1H3,(H,20,22)(H,23,24,25). The van der Waals surface area contributed by atoms with Crippen molar-refractivity contribution in [2.24, 2.45) is 0 Å². The van der Waals surface area contributed by atoms with Gasteiger partial charge in [-0.25, -0.2) is 0 Å². The number of aromatic hydroxyl groups is 1. The van der Waals surface area contributed by atoms with Crippen LogP contribution in [0.5, 0.6) is 5.75 Å². The molecule has 0 aliphatic heterocycles. The number of anilines is 2. The van der Waals surface area contributed by atoms with Crippen LogP contribution >= 0.6 is 0 Å². The molecule has 0 aliphatic carbocycles. The van der Waals surface area contributed by atoms with Crippen LogP contribution in [0.25, 0.3) is 10.8 Å². The van der Waals surface area contributed by atoms with Crippen LogP contribution in [0.2, 0.25) is 0 Å². The minimum atomic E-state index is -4.63. The zero-order valence-corrected chi connectivity index (χ0v) is 14.5. The van der Waals surface area contributed by atoms with Crippen LogP contribution in [0.3, 0.4) is 0 Å². The van der Waals surface area contributed by atoms with E-state index in [-0.39, 0.29) is 22.4 Å². The van der Waals surface area contributed by atoms with Crippen molar-refractivity contribution in [3.05, 3.63) is 59.7 Å². The van der Waals surface area contributed by atoms with Crippen LogP contribution in [0, 0.1) is 6.92 Å². The third-order valence-electron chi connectivity index (χ3n) is 4.04. The van der Waals surface area contributed by atoms with E-state index in [1.165, 1.54) is 18.2 Å². The number of fused-ring (bicyclic) bond motifs is 1. The molecule has 0 aliphatic rings. The van der Waals surface area contributed by atoms with Gasteiger partial charge in [0.25, 0.3) is 16.0 Å². The highest BCUT2D eigenvalue weighted by molar-refractivity contribution is 7.86. The predicted octanol–water partition coefficient (Wildman–Crippen LogP) is 2.94. The van der Waals surface area contributed by atoms with Gasteiger partial charge in [-0.05, 0) is 42.1 Å². The first-order valence-electron chi connectivity index (χ1n) is 7.58. The molecule has 0 radical (unpaired) electrons. The van der Waals surface area contributed by atoms with Gasteiger partial charge in [-0.3, -0.25) is 9.35 Å². The van der Waals surface area contributed by atoms with Gasteiger partial charge in [-0.2, -0.15) is 8.42 Å². The first-order valence-corrected chi connectivity index (χ1v) is 9.02. The average Bonchev–Trinajstić information content (AvgIpc) is 2.56. The zero-order chi connectivity index (χ0) is 19.1. The Kier molecular flexibility index (Phi) is 4.31. The molecule has 0 heterocycles. The monoisotopic (exact) mass is 372 g/mol. The lowest BCUT2D eigenvalue weighted by molar-refractivity contribution is 0.102. The summed E-state index contributed by atoms with van der Waals surface area (Å²) in [6, 6.07) is 11.8. The van der Waals surface area contributed by atoms with Gasteiger partial charge < -0.3 is 16.2 Å². The third-order valence-corrected chi connectivity index (χ3v) is 4.94. The molecule has 26 heavy (non-hydrogen) atoms. The molecule has 0 fully saturated rings. The number of carbonyl (C=O) groups excluding carboxylic acids is 1. The third kappa shape index (κ3) is 3.19. The van der Waals surface area contributed by atoms with Crippen molar-refractivity contribution in [2.45, 2.75) is 11.8 Å². The maximum Gasteiger partial charge on any atom is 0.296 e. The van der Waals surface area contributed by atoms with Crippen LogP contribution in [0.15, 0.2) is 53.4 Å². The largest absolute Gasteiger partial charge is 0.507 e. The highest BCUT2D eigenvalue weighted by atomic mass is 32.2. The van der Waals surface area contributed by atoms with E-state index in [2.05, 4.69) is 5.32 Å². The van der Waals surface area contributed by atoms with Crippen LogP contribution in [-0.4, -0.2) is 24.0 Å². The number of hydrogen-bond donors (Lipinski definition) is 4. The SMILES string of the molecule is Cc1ccc(C(=O)Nc2c(S(=O)(=O)O)ccc3cccc(O)c23)cc1N. The lowest BCUT2D eigenvalue weighted by Gasteiger charge is -2.14. The van der Waals surface area contributed by atoms with E-state index in [9.17, 15) is 22.9 Å². The molecule has 0 bridgehead atoms. The molecule has 0 aromatic heterocycles. The normalized spacial score (nSPS) is 11.5. The summed E-state index contributed by atoms with van der Waals surface area (Å²) < 4.78 is 33.0. The predicted molar refractivity (Wildman–Crippen MR) is 99.0 cm³/mol. The number of nitrogens with two attached hydrogens (primary N) is 1. The van der Waals surface area contributed by atoms with Crippen molar-refractivity contribution in [3.8, 4) is 5.75 Å². The van der Waals surface area contributed by atoms with Crippen molar-refractivity contribution >= 4 is 38.2 Å². The Morgan fingerprint density at radius 3 is 2.50 bits per heavy atom. The van der Waals surface area contributed by atoms with Crippen LogP contribution < -0.4 is 11.1 Å². The number of phenolic OH excluding ortho intramolecular Hbond substituents is 1. The Balaban J connectivity index is 2.19. The zero-order valence-electron chi connectivity index (χ0n) is 13.7. The smallest absolute Gasteiger partial charge is 0.296 e. The molecule has 8 heteroatoms. The molecule has 1 amide bonds. The molecule has 7 nitrogen and oxygen atoms in total. The van der Waals surface area contributed by atoms with E-state index in [1.807, 2.05) is 0 Å². The van der Waals surface area contributed by atoms with Crippen LogP contribution in [0.4, 0.5) is 11.4 Å². The second kappa shape index (κ2) is 6.32. The van der Waals surface area contributed by atoms with Gasteiger partial charge in [0.05, 0.1) is 5.69 Å². The maximum absolute atomic E-state index is 12.6. The minimum absolute atomic E-state index is 0.107. The number of benzene rings is 3. The van der Waals surface area contributed by atoms with Gasteiger partial charge in [0.1, 0.15) is 10.6 Å². The number of rotatable bonds is 3. The van der Waals surface area contributed by atoms with E-state index in [1.54, 1.807) is 31.2 Å². The molecular weight excluding hydrogens is 356 g/mol. The Hall–Kier alpha value is -3.10. The van der Waals surface area contributed by atoms with Crippen LogP contribution in [0.1, 0.15) is 15.9 Å². The second-order valence-electron chi connectivity index (χ2n) is 5.81. The summed E-state index contributed by atoms with van der Waals surface area (Å²) in [5.74, 6) is -0.857. The molecule has 134 valence electrons. The topological polar surface area (TPSA) is 130 Å². The number of nitrogen functional groups attached to an aromatic ring is 1. The quantitative estimate of drug-likeness (QED) is 0.413. The van der Waals surface area contributed by atoms with Crippen molar-refractivity contribution in [3.63, 3.8) is 0 Å². The van der Waals surface area contributed by atoms with Crippen LogP contribution in [-0.2, 0) is 10.1 Å². The Morgan fingerprint density at radius 1 is 1.12 bits per heavy atom. The molecule has 0 unspecified atom stereocenters. The van der Waals surface area contributed by atoms with E-state index < -0.39 is 20.9 Å². The van der Waals surface area contributed by atoms with E-state index in [0.717, 1.165) is 11.6 Å². The van der Waals surface area contributed by atoms with Gasteiger partial charge in [-0.1, -0.05) is 24.3 Å². The molecular formula is C18H16N2O5S. The summed E-state index contributed by atoms with van der Waals surface area (Å²) in [7, 11) is -4.63. The van der Waals surface area contributed by atoms with Crippen molar-refractivity contribution < 1.29 is 22.9 Å². The van der Waals surface area contributed by atoms with Crippen molar-refractivity contribution in [1.29, 1.82) is 0 Å². The van der Waals surface area contributed by atoms with Gasteiger partial charge in [0.15, 0.2) is 0 Å². The van der Waals surface area contributed by atoms with E-state index in [0.29, 0.717) is 11.1 Å².